The summed E-state index contributed by atoms with van der Waals surface area (Å²) < 4.78 is 21.5. The third-order valence-corrected chi connectivity index (χ3v) is 3.11. The van der Waals surface area contributed by atoms with Crippen LogP contribution in [0, 0.1) is 0 Å². The molecule has 0 unspecified atom stereocenters. The number of anilines is 1. The van der Waals surface area contributed by atoms with E-state index in [-0.39, 0.29) is 5.82 Å². The molecule has 0 aliphatic carbocycles. The van der Waals surface area contributed by atoms with Crippen LogP contribution in [0.5, 0.6) is 17.2 Å². The minimum Gasteiger partial charge on any atom is -0.495 e. The number of ether oxygens (including phenoxy) is 3. The Morgan fingerprint density at radius 1 is 1.32 bits per heavy atom. The van der Waals surface area contributed by atoms with Crippen LogP contribution in [0.15, 0.2) is 16.7 Å². The molecule has 100 valence electrons. The summed E-state index contributed by atoms with van der Waals surface area (Å²) in [6.07, 6.45) is 0. The summed E-state index contributed by atoms with van der Waals surface area (Å²) in [7, 11) is 1.52. The molecule has 2 heterocycles. The topological polar surface area (TPSA) is 79.7 Å². The first-order valence-electron chi connectivity index (χ1n) is 5.59. The van der Waals surface area contributed by atoms with Gasteiger partial charge in [-0.2, -0.15) is 0 Å². The zero-order valence-corrected chi connectivity index (χ0v) is 10.9. The molecule has 0 fully saturated rings. The lowest BCUT2D eigenvalue weighted by Crippen LogP contribution is -2.16. The molecular weight excluding hydrogens is 272 g/mol. The van der Waals surface area contributed by atoms with Crippen LogP contribution in [0.4, 0.5) is 5.82 Å². The Labute approximate surface area is 114 Å². The van der Waals surface area contributed by atoms with E-state index >= 15 is 0 Å². The van der Waals surface area contributed by atoms with Crippen LogP contribution in [0.2, 0.25) is 5.02 Å². The van der Waals surface area contributed by atoms with Crippen molar-refractivity contribution < 1.29 is 18.7 Å². The van der Waals surface area contributed by atoms with E-state index in [0.29, 0.717) is 46.8 Å². The smallest absolute Gasteiger partial charge is 0.174 e. The highest BCUT2D eigenvalue weighted by Crippen LogP contribution is 2.49. The average molecular weight is 283 g/mol. The Bertz CT molecular complexity index is 626. The third kappa shape index (κ3) is 1.94. The van der Waals surface area contributed by atoms with E-state index in [1.54, 1.807) is 12.1 Å². The van der Waals surface area contributed by atoms with Crippen LogP contribution < -0.4 is 19.9 Å². The molecule has 19 heavy (non-hydrogen) atoms. The van der Waals surface area contributed by atoms with Gasteiger partial charge in [0.15, 0.2) is 23.1 Å². The molecule has 0 atom stereocenters. The SMILES string of the molecule is COc1cc2c(c(-c3cc(N)no3)c1Cl)OCCO2. The number of benzene rings is 1. The molecule has 1 aliphatic heterocycles. The maximum Gasteiger partial charge on any atom is 0.174 e. The molecule has 7 heteroatoms. The van der Waals surface area contributed by atoms with E-state index in [9.17, 15) is 0 Å². The second kappa shape index (κ2) is 4.55. The minimum atomic E-state index is 0.263. The summed E-state index contributed by atoms with van der Waals surface area (Å²) in [5, 5.41) is 4.01. The van der Waals surface area contributed by atoms with Gasteiger partial charge in [-0.1, -0.05) is 16.8 Å². The van der Waals surface area contributed by atoms with Gasteiger partial charge in [0.1, 0.15) is 19.0 Å². The molecule has 1 aromatic carbocycles. The molecular formula is C12H11ClN2O4. The van der Waals surface area contributed by atoms with Crippen LogP contribution in [0.25, 0.3) is 11.3 Å². The van der Waals surface area contributed by atoms with Gasteiger partial charge in [-0.15, -0.1) is 0 Å². The van der Waals surface area contributed by atoms with Gasteiger partial charge in [-0.25, -0.2) is 0 Å². The molecule has 0 saturated carbocycles. The summed E-state index contributed by atoms with van der Waals surface area (Å²) >= 11 is 6.30. The van der Waals surface area contributed by atoms with Gasteiger partial charge in [0.05, 0.1) is 17.7 Å². The summed E-state index contributed by atoms with van der Waals surface area (Å²) in [5.74, 6) is 2.20. The first-order valence-corrected chi connectivity index (χ1v) is 5.97. The number of aromatic nitrogens is 1. The van der Waals surface area contributed by atoms with Crippen LogP contribution in [0.1, 0.15) is 0 Å². The minimum absolute atomic E-state index is 0.263. The van der Waals surface area contributed by atoms with Crippen LogP contribution >= 0.6 is 11.6 Å². The van der Waals surface area contributed by atoms with Gasteiger partial charge in [-0.3, -0.25) is 0 Å². The molecule has 0 saturated heterocycles. The predicted molar refractivity (Wildman–Crippen MR) is 68.9 cm³/mol. The number of hydrogen-bond acceptors (Lipinski definition) is 6. The number of halogens is 1. The van der Waals surface area contributed by atoms with Crippen molar-refractivity contribution in [2.45, 2.75) is 0 Å². The van der Waals surface area contributed by atoms with E-state index in [0.717, 1.165) is 0 Å². The monoisotopic (exact) mass is 282 g/mol. The Kier molecular flexibility index (Phi) is 2.87. The lowest BCUT2D eigenvalue weighted by atomic mass is 10.1. The molecule has 0 radical (unpaired) electrons. The van der Waals surface area contributed by atoms with E-state index in [4.69, 9.17) is 36.1 Å². The van der Waals surface area contributed by atoms with Gasteiger partial charge >= 0.3 is 0 Å². The quantitative estimate of drug-likeness (QED) is 0.911. The number of fused-ring (bicyclic) bond motifs is 1. The molecule has 2 N–H and O–H groups in total. The number of nitrogens with zero attached hydrogens (tertiary/aromatic N) is 1. The van der Waals surface area contributed by atoms with Crippen molar-refractivity contribution in [1.82, 2.24) is 5.16 Å². The summed E-state index contributed by atoms with van der Waals surface area (Å²) in [6, 6.07) is 3.25. The fourth-order valence-corrected chi connectivity index (χ4v) is 2.23. The fraction of sp³-hybridized carbons (Fsp3) is 0.250. The molecule has 1 aromatic heterocycles. The molecule has 0 amide bonds. The van der Waals surface area contributed by atoms with Gasteiger partial charge in [0.2, 0.25) is 0 Å². The van der Waals surface area contributed by atoms with E-state index in [1.807, 2.05) is 0 Å². The average Bonchev–Trinajstić information content (AvgIpc) is 2.84. The van der Waals surface area contributed by atoms with Crippen molar-refractivity contribution in [1.29, 1.82) is 0 Å². The Balaban J connectivity index is 2.25. The van der Waals surface area contributed by atoms with E-state index in [2.05, 4.69) is 5.16 Å². The number of nitrogen functional groups attached to an aromatic ring is 1. The van der Waals surface area contributed by atoms with Gasteiger partial charge < -0.3 is 24.5 Å². The van der Waals surface area contributed by atoms with E-state index < -0.39 is 0 Å². The van der Waals surface area contributed by atoms with Crippen LogP contribution in [0.3, 0.4) is 0 Å². The Hall–Kier alpha value is -2.08. The number of rotatable bonds is 2. The predicted octanol–water partition coefficient (Wildman–Crippen LogP) is 2.36. The standard InChI is InChI=1S/C12H11ClN2O4/c1-16-7-4-8-12(18-3-2-17-8)10(11(7)13)6-5-9(14)15-19-6/h4-5H,2-3H2,1H3,(H2,14,15). The fourth-order valence-electron chi connectivity index (χ4n) is 1.92. The lowest BCUT2D eigenvalue weighted by Gasteiger charge is -2.22. The van der Waals surface area contributed by atoms with Crippen LogP contribution in [-0.2, 0) is 0 Å². The summed E-state index contributed by atoms with van der Waals surface area (Å²) in [5.41, 5.74) is 6.09. The molecule has 0 spiro atoms. The molecule has 3 rings (SSSR count). The second-order valence-electron chi connectivity index (χ2n) is 3.91. The summed E-state index contributed by atoms with van der Waals surface area (Å²) in [6.45, 7) is 0.905. The number of methoxy groups -OCH3 is 1. The van der Waals surface area contributed by atoms with Gasteiger partial charge in [-0.05, 0) is 0 Å². The Morgan fingerprint density at radius 2 is 2.11 bits per heavy atom. The number of nitrogens with two attached hydrogens (primary N) is 1. The second-order valence-corrected chi connectivity index (χ2v) is 4.29. The zero-order chi connectivity index (χ0) is 13.4. The van der Waals surface area contributed by atoms with Crippen molar-refractivity contribution >= 4 is 17.4 Å². The number of hydrogen-bond donors (Lipinski definition) is 1. The maximum absolute atomic E-state index is 6.30. The maximum atomic E-state index is 6.30. The first-order chi connectivity index (χ1) is 9.20. The zero-order valence-electron chi connectivity index (χ0n) is 10.1. The van der Waals surface area contributed by atoms with Crippen molar-refractivity contribution in [3.05, 3.63) is 17.2 Å². The van der Waals surface area contributed by atoms with Crippen molar-refractivity contribution in [2.24, 2.45) is 0 Å². The van der Waals surface area contributed by atoms with Gasteiger partial charge in [0.25, 0.3) is 0 Å². The third-order valence-electron chi connectivity index (χ3n) is 2.73. The highest BCUT2D eigenvalue weighted by molar-refractivity contribution is 6.35. The largest absolute Gasteiger partial charge is 0.495 e. The highest BCUT2D eigenvalue weighted by atomic mass is 35.5. The molecule has 1 aliphatic rings. The van der Waals surface area contributed by atoms with Crippen molar-refractivity contribution in [2.75, 3.05) is 26.1 Å². The molecule has 6 nitrogen and oxygen atoms in total. The van der Waals surface area contributed by atoms with Gasteiger partial charge in [0, 0.05) is 12.1 Å². The van der Waals surface area contributed by atoms with Crippen LogP contribution in [-0.4, -0.2) is 25.5 Å². The highest BCUT2D eigenvalue weighted by Gasteiger charge is 2.26. The Morgan fingerprint density at radius 3 is 2.79 bits per heavy atom. The van der Waals surface area contributed by atoms with Crippen molar-refractivity contribution in [3.8, 4) is 28.6 Å². The summed E-state index contributed by atoms with van der Waals surface area (Å²) in [4.78, 5) is 0. The molecule has 0 bridgehead atoms. The molecule has 2 aromatic rings. The van der Waals surface area contributed by atoms with E-state index in [1.165, 1.54) is 7.11 Å². The van der Waals surface area contributed by atoms with Crippen molar-refractivity contribution in [3.63, 3.8) is 0 Å². The normalized spacial score (nSPS) is 13.4. The lowest BCUT2D eigenvalue weighted by molar-refractivity contribution is 0.171. The first kappa shape index (κ1) is 12.0.